The van der Waals surface area contributed by atoms with Crippen molar-refractivity contribution in [1.29, 1.82) is 0 Å². The summed E-state index contributed by atoms with van der Waals surface area (Å²) in [7, 11) is 1.67. The smallest absolute Gasteiger partial charge is 0.188 e. The van der Waals surface area contributed by atoms with Gasteiger partial charge in [0.15, 0.2) is 5.13 Å². The zero-order chi connectivity index (χ0) is 14.1. The van der Waals surface area contributed by atoms with E-state index < -0.39 is 0 Å². The summed E-state index contributed by atoms with van der Waals surface area (Å²) < 4.78 is 6.38. The van der Waals surface area contributed by atoms with E-state index in [1.807, 2.05) is 18.2 Å². The molecule has 20 heavy (non-hydrogen) atoms. The maximum Gasteiger partial charge on any atom is 0.188 e. The Hall–Kier alpha value is -2.07. The largest absolute Gasteiger partial charge is 0.497 e. The highest BCUT2D eigenvalue weighted by molar-refractivity contribution is 7.22. The van der Waals surface area contributed by atoms with Crippen LogP contribution in [0.5, 0.6) is 5.75 Å². The van der Waals surface area contributed by atoms with E-state index in [9.17, 15) is 0 Å². The number of nitrogens with one attached hydrogen (secondary N) is 1. The summed E-state index contributed by atoms with van der Waals surface area (Å²) in [6, 6.07) is 12.3. The van der Waals surface area contributed by atoms with Crippen LogP contribution in [0.2, 0.25) is 0 Å². The van der Waals surface area contributed by atoms with Crippen molar-refractivity contribution >= 4 is 32.4 Å². The molecule has 4 heteroatoms. The second kappa shape index (κ2) is 5.13. The highest BCUT2D eigenvalue weighted by atomic mass is 32.1. The third-order valence-electron chi connectivity index (χ3n) is 3.23. The van der Waals surface area contributed by atoms with Gasteiger partial charge in [-0.3, -0.25) is 0 Å². The van der Waals surface area contributed by atoms with Crippen molar-refractivity contribution in [2.75, 3.05) is 12.4 Å². The molecule has 3 nitrogen and oxygen atoms in total. The average molecular weight is 284 g/mol. The highest BCUT2D eigenvalue weighted by Crippen LogP contribution is 2.31. The van der Waals surface area contributed by atoms with Crippen LogP contribution in [-0.2, 0) is 0 Å². The van der Waals surface area contributed by atoms with Crippen LogP contribution in [0.4, 0.5) is 10.8 Å². The lowest BCUT2D eigenvalue weighted by molar-refractivity contribution is 0.415. The van der Waals surface area contributed by atoms with E-state index in [1.165, 1.54) is 11.1 Å². The number of ether oxygens (including phenoxy) is 1. The molecule has 0 unspecified atom stereocenters. The van der Waals surface area contributed by atoms with Crippen molar-refractivity contribution in [3.63, 3.8) is 0 Å². The number of fused-ring (bicyclic) bond motifs is 1. The van der Waals surface area contributed by atoms with Crippen LogP contribution < -0.4 is 10.1 Å². The number of benzene rings is 2. The van der Waals surface area contributed by atoms with Crippen LogP contribution in [0.3, 0.4) is 0 Å². The van der Waals surface area contributed by atoms with E-state index in [1.54, 1.807) is 18.4 Å². The van der Waals surface area contributed by atoms with Crippen LogP contribution in [0.1, 0.15) is 11.1 Å². The van der Waals surface area contributed by atoms with Gasteiger partial charge >= 0.3 is 0 Å². The first kappa shape index (κ1) is 12.9. The molecule has 3 rings (SSSR count). The second-order valence-corrected chi connectivity index (χ2v) is 5.83. The molecule has 0 radical (unpaired) electrons. The van der Waals surface area contributed by atoms with Gasteiger partial charge in [-0.25, -0.2) is 4.98 Å². The van der Waals surface area contributed by atoms with Crippen molar-refractivity contribution in [2.45, 2.75) is 13.8 Å². The molecular weight excluding hydrogens is 268 g/mol. The standard InChI is InChI=1S/C16H16N2OS/c1-10-4-5-11(2)13(8-10)17-16-18-14-9-12(19-3)6-7-15(14)20-16/h4-9H,1-3H3,(H,17,18). The Morgan fingerprint density at radius 1 is 1.10 bits per heavy atom. The molecule has 2 aromatic carbocycles. The van der Waals surface area contributed by atoms with Gasteiger partial charge in [0, 0.05) is 11.8 Å². The third-order valence-corrected chi connectivity index (χ3v) is 4.18. The van der Waals surface area contributed by atoms with Gasteiger partial charge in [0.1, 0.15) is 5.75 Å². The van der Waals surface area contributed by atoms with Crippen molar-refractivity contribution in [3.8, 4) is 5.75 Å². The molecule has 0 bridgehead atoms. The molecule has 0 spiro atoms. The first-order chi connectivity index (χ1) is 9.65. The molecule has 0 saturated heterocycles. The van der Waals surface area contributed by atoms with Gasteiger partial charge in [0.2, 0.25) is 0 Å². The molecule has 3 aromatic rings. The molecule has 0 aliphatic heterocycles. The molecule has 1 heterocycles. The molecular formula is C16H16N2OS. The maximum atomic E-state index is 5.23. The predicted molar refractivity (Wildman–Crippen MR) is 85.4 cm³/mol. The van der Waals surface area contributed by atoms with Crippen molar-refractivity contribution in [2.24, 2.45) is 0 Å². The normalized spacial score (nSPS) is 10.8. The highest BCUT2D eigenvalue weighted by Gasteiger charge is 2.06. The minimum atomic E-state index is 0.834. The van der Waals surface area contributed by atoms with Crippen molar-refractivity contribution < 1.29 is 4.74 Å². The quantitative estimate of drug-likeness (QED) is 0.759. The van der Waals surface area contributed by atoms with E-state index in [0.29, 0.717) is 0 Å². The summed E-state index contributed by atoms with van der Waals surface area (Å²) in [6.45, 7) is 4.19. The molecule has 1 aromatic heterocycles. The number of rotatable bonds is 3. The summed E-state index contributed by atoms with van der Waals surface area (Å²) in [5, 5.41) is 4.31. The molecule has 102 valence electrons. The zero-order valence-electron chi connectivity index (χ0n) is 11.7. The second-order valence-electron chi connectivity index (χ2n) is 4.80. The lowest BCUT2D eigenvalue weighted by Crippen LogP contribution is -1.92. The molecule has 0 amide bonds. The predicted octanol–water partition coefficient (Wildman–Crippen LogP) is 4.67. The minimum absolute atomic E-state index is 0.834. The molecule has 0 atom stereocenters. The zero-order valence-corrected chi connectivity index (χ0v) is 12.5. The Labute approximate surface area is 122 Å². The Balaban J connectivity index is 1.96. The van der Waals surface area contributed by atoms with E-state index in [-0.39, 0.29) is 0 Å². The van der Waals surface area contributed by atoms with Gasteiger partial charge in [0.25, 0.3) is 0 Å². The Bertz CT molecular complexity index is 764. The summed E-state index contributed by atoms with van der Waals surface area (Å²) in [4.78, 5) is 4.61. The van der Waals surface area contributed by atoms with E-state index in [2.05, 4.69) is 42.3 Å². The minimum Gasteiger partial charge on any atom is -0.497 e. The van der Waals surface area contributed by atoms with Crippen LogP contribution in [0.25, 0.3) is 10.2 Å². The first-order valence-corrected chi connectivity index (χ1v) is 7.26. The first-order valence-electron chi connectivity index (χ1n) is 6.44. The summed E-state index contributed by atoms with van der Waals surface area (Å²) in [6.07, 6.45) is 0. The van der Waals surface area contributed by atoms with Gasteiger partial charge in [-0.15, -0.1) is 0 Å². The number of anilines is 2. The Morgan fingerprint density at radius 3 is 2.75 bits per heavy atom. The Kier molecular flexibility index (Phi) is 3.32. The van der Waals surface area contributed by atoms with Gasteiger partial charge in [0.05, 0.1) is 17.3 Å². The third kappa shape index (κ3) is 2.47. The molecule has 0 fully saturated rings. The topological polar surface area (TPSA) is 34.1 Å². The fourth-order valence-corrected chi connectivity index (χ4v) is 2.93. The number of nitrogens with zero attached hydrogens (tertiary/aromatic N) is 1. The van der Waals surface area contributed by atoms with Gasteiger partial charge < -0.3 is 10.1 Å². The number of thiazole rings is 1. The fraction of sp³-hybridized carbons (Fsp3) is 0.188. The number of aryl methyl sites for hydroxylation is 2. The molecule has 0 aliphatic rings. The summed E-state index contributed by atoms with van der Waals surface area (Å²) >= 11 is 1.65. The van der Waals surface area contributed by atoms with Crippen LogP contribution in [-0.4, -0.2) is 12.1 Å². The molecule has 1 N–H and O–H groups in total. The van der Waals surface area contributed by atoms with Gasteiger partial charge in [-0.05, 0) is 43.2 Å². The molecule has 0 saturated carbocycles. The lowest BCUT2D eigenvalue weighted by Gasteiger charge is -2.07. The monoisotopic (exact) mass is 284 g/mol. The van der Waals surface area contributed by atoms with Gasteiger partial charge in [-0.1, -0.05) is 23.5 Å². The van der Waals surface area contributed by atoms with Crippen molar-refractivity contribution in [1.82, 2.24) is 4.98 Å². The summed E-state index contributed by atoms with van der Waals surface area (Å²) in [5.41, 5.74) is 4.52. The lowest BCUT2D eigenvalue weighted by atomic mass is 10.1. The number of aromatic nitrogens is 1. The Morgan fingerprint density at radius 2 is 1.95 bits per heavy atom. The van der Waals surface area contributed by atoms with Crippen LogP contribution >= 0.6 is 11.3 Å². The average Bonchev–Trinajstić information content (AvgIpc) is 2.84. The number of hydrogen-bond acceptors (Lipinski definition) is 4. The van der Waals surface area contributed by atoms with Crippen LogP contribution in [0, 0.1) is 13.8 Å². The van der Waals surface area contributed by atoms with E-state index in [0.717, 1.165) is 26.8 Å². The number of hydrogen-bond donors (Lipinski definition) is 1. The maximum absolute atomic E-state index is 5.23. The van der Waals surface area contributed by atoms with Crippen LogP contribution in [0.15, 0.2) is 36.4 Å². The SMILES string of the molecule is COc1ccc2sc(Nc3cc(C)ccc3C)nc2c1. The fourth-order valence-electron chi connectivity index (χ4n) is 2.07. The molecule has 0 aliphatic carbocycles. The van der Waals surface area contributed by atoms with E-state index >= 15 is 0 Å². The van der Waals surface area contributed by atoms with Crippen molar-refractivity contribution in [3.05, 3.63) is 47.5 Å². The van der Waals surface area contributed by atoms with Gasteiger partial charge in [-0.2, -0.15) is 0 Å². The van der Waals surface area contributed by atoms with E-state index in [4.69, 9.17) is 4.74 Å². The summed E-state index contributed by atoms with van der Waals surface area (Å²) in [5.74, 6) is 0.834. The number of methoxy groups -OCH3 is 1.